The lowest BCUT2D eigenvalue weighted by Gasteiger charge is -2.17. The van der Waals surface area contributed by atoms with E-state index in [0.717, 1.165) is 12.1 Å². The van der Waals surface area contributed by atoms with Crippen molar-refractivity contribution in [1.82, 2.24) is 0 Å². The molecule has 0 aliphatic carbocycles. The van der Waals surface area contributed by atoms with Crippen LogP contribution in [0.15, 0.2) is 34.5 Å². The molecule has 1 fully saturated rings. The molecule has 27 heavy (non-hydrogen) atoms. The van der Waals surface area contributed by atoms with E-state index in [0.29, 0.717) is 30.7 Å². The molecule has 0 saturated carbocycles. The zero-order valence-corrected chi connectivity index (χ0v) is 15.2. The Morgan fingerprint density at radius 2 is 2.00 bits per heavy atom. The summed E-state index contributed by atoms with van der Waals surface area (Å²) in [6.45, 7) is 0.394. The highest BCUT2D eigenvalue weighted by Gasteiger charge is 2.32. The van der Waals surface area contributed by atoms with Crippen molar-refractivity contribution in [3.8, 4) is 0 Å². The molecular weight excluding hydrogens is 405 g/mol. The van der Waals surface area contributed by atoms with Gasteiger partial charge in [0.2, 0.25) is 15.7 Å². The van der Waals surface area contributed by atoms with Crippen LogP contribution in [0.3, 0.4) is 0 Å². The second-order valence-corrected chi connectivity index (χ2v) is 8.49. The van der Waals surface area contributed by atoms with Crippen molar-refractivity contribution in [2.75, 3.05) is 16.8 Å². The molecule has 0 bridgehead atoms. The highest BCUT2D eigenvalue weighted by molar-refractivity contribution is 7.92. The van der Waals surface area contributed by atoms with Crippen molar-refractivity contribution in [3.05, 3.63) is 40.3 Å². The van der Waals surface area contributed by atoms with Crippen LogP contribution in [0.4, 0.5) is 24.5 Å². The SMILES string of the molecule is O=C(Nc1ccc(N2CCCC2=O)c(F)c1)c1sccc1S(=O)(=O)C(F)F. The fourth-order valence-corrected chi connectivity index (χ4v) is 4.74. The fourth-order valence-electron chi connectivity index (χ4n) is 2.68. The first-order valence-electron chi connectivity index (χ1n) is 7.72. The van der Waals surface area contributed by atoms with Gasteiger partial charge in [0.05, 0.1) is 10.6 Å². The van der Waals surface area contributed by atoms with E-state index in [1.54, 1.807) is 0 Å². The molecule has 1 aromatic carbocycles. The Morgan fingerprint density at radius 3 is 2.59 bits per heavy atom. The molecule has 0 radical (unpaired) electrons. The average molecular weight is 418 g/mol. The molecule has 0 atom stereocenters. The molecule has 1 saturated heterocycles. The van der Waals surface area contributed by atoms with Crippen LogP contribution in [0.2, 0.25) is 0 Å². The summed E-state index contributed by atoms with van der Waals surface area (Å²) in [5.41, 5.74) is 0.0780. The first-order chi connectivity index (χ1) is 12.7. The van der Waals surface area contributed by atoms with Gasteiger partial charge in [-0.2, -0.15) is 8.78 Å². The maximum absolute atomic E-state index is 14.3. The lowest BCUT2D eigenvalue weighted by molar-refractivity contribution is -0.117. The van der Waals surface area contributed by atoms with Crippen LogP contribution in [-0.4, -0.2) is 32.5 Å². The second kappa shape index (κ2) is 7.31. The number of sulfone groups is 1. The third-order valence-corrected chi connectivity index (χ3v) is 6.41. The Bertz CT molecular complexity index is 1000. The number of alkyl halides is 2. The first kappa shape index (κ1) is 19.4. The minimum atomic E-state index is -4.94. The van der Waals surface area contributed by atoms with E-state index in [4.69, 9.17) is 0 Å². The molecule has 1 aromatic heterocycles. The lowest BCUT2D eigenvalue weighted by atomic mass is 10.2. The molecule has 2 heterocycles. The number of hydrogen-bond donors (Lipinski definition) is 1. The van der Waals surface area contributed by atoms with Crippen LogP contribution in [0.25, 0.3) is 0 Å². The Labute approximate surface area is 156 Å². The van der Waals surface area contributed by atoms with Gasteiger partial charge in [-0.15, -0.1) is 11.3 Å². The van der Waals surface area contributed by atoms with Crippen LogP contribution in [0, 0.1) is 5.82 Å². The second-order valence-electron chi connectivity index (χ2n) is 5.69. The largest absolute Gasteiger partial charge is 0.341 e. The number of amides is 2. The number of nitrogens with one attached hydrogen (secondary N) is 1. The van der Waals surface area contributed by atoms with Crippen molar-refractivity contribution >= 4 is 44.4 Å². The first-order valence-corrected chi connectivity index (χ1v) is 10.1. The van der Waals surface area contributed by atoms with Gasteiger partial charge < -0.3 is 10.2 Å². The van der Waals surface area contributed by atoms with Crippen molar-refractivity contribution in [1.29, 1.82) is 0 Å². The minimum Gasteiger partial charge on any atom is -0.321 e. The van der Waals surface area contributed by atoms with Crippen LogP contribution >= 0.6 is 11.3 Å². The number of carbonyl (C=O) groups excluding carboxylic acids is 2. The Balaban J connectivity index is 1.83. The maximum Gasteiger partial charge on any atom is 0.341 e. The topological polar surface area (TPSA) is 83.6 Å². The quantitative estimate of drug-likeness (QED) is 0.808. The summed E-state index contributed by atoms with van der Waals surface area (Å²) in [6.07, 6.45) is 0.953. The number of anilines is 2. The van der Waals surface area contributed by atoms with E-state index < -0.39 is 37.1 Å². The van der Waals surface area contributed by atoms with E-state index >= 15 is 0 Å². The monoisotopic (exact) mass is 418 g/mol. The Hall–Kier alpha value is -2.40. The zero-order chi connectivity index (χ0) is 19.8. The third kappa shape index (κ3) is 3.69. The van der Waals surface area contributed by atoms with Gasteiger partial charge in [-0.3, -0.25) is 9.59 Å². The van der Waals surface area contributed by atoms with Gasteiger partial charge in [-0.25, -0.2) is 12.8 Å². The molecule has 1 aliphatic heterocycles. The third-order valence-electron chi connectivity index (χ3n) is 3.95. The minimum absolute atomic E-state index is 0.00157. The van der Waals surface area contributed by atoms with Crippen molar-refractivity contribution in [2.45, 2.75) is 23.5 Å². The average Bonchev–Trinajstić information content (AvgIpc) is 3.24. The predicted molar refractivity (Wildman–Crippen MR) is 93.4 cm³/mol. The number of halogens is 3. The van der Waals surface area contributed by atoms with Gasteiger partial charge in [0.15, 0.2) is 0 Å². The van der Waals surface area contributed by atoms with Crippen molar-refractivity contribution in [2.24, 2.45) is 0 Å². The van der Waals surface area contributed by atoms with Gasteiger partial charge in [0.1, 0.15) is 10.7 Å². The van der Waals surface area contributed by atoms with Gasteiger partial charge in [-0.1, -0.05) is 0 Å². The van der Waals surface area contributed by atoms with Gasteiger partial charge in [0.25, 0.3) is 5.91 Å². The van der Waals surface area contributed by atoms with E-state index in [1.165, 1.54) is 22.4 Å². The maximum atomic E-state index is 14.3. The van der Waals surface area contributed by atoms with E-state index in [-0.39, 0.29) is 17.3 Å². The molecular formula is C16H13F3N2O4S2. The smallest absolute Gasteiger partial charge is 0.321 e. The fraction of sp³-hybridized carbons (Fsp3) is 0.250. The van der Waals surface area contributed by atoms with Crippen LogP contribution < -0.4 is 10.2 Å². The summed E-state index contributed by atoms with van der Waals surface area (Å²) in [5.74, 6) is -5.55. The lowest BCUT2D eigenvalue weighted by Crippen LogP contribution is -2.24. The van der Waals surface area contributed by atoms with Crippen LogP contribution in [-0.2, 0) is 14.6 Å². The van der Waals surface area contributed by atoms with Gasteiger partial charge >= 0.3 is 5.76 Å². The number of benzene rings is 1. The standard InChI is InChI=1S/C16H13F3N2O4S2/c17-10-8-9(3-4-11(10)21-6-1-2-13(21)22)20-15(23)14-12(5-7-26-14)27(24,25)16(18)19/h3-5,7-8,16H,1-2,6H2,(H,20,23). The summed E-state index contributed by atoms with van der Waals surface area (Å²) in [7, 11) is -4.94. The highest BCUT2D eigenvalue weighted by Crippen LogP contribution is 2.29. The van der Waals surface area contributed by atoms with E-state index in [1.807, 2.05) is 0 Å². The highest BCUT2D eigenvalue weighted by atomic mass is 32.2. The molecule has 3 rings (SSSR count). The molecule has 2 aromatic rings. The number of rotatable bonds is 5. The molecule has 6 nitrogen and oxygen atoms in total. The zero-order valence-electron chi connectivity index (χ0n) is 13.6. The molecule has 0 unspecified atom stereocenters. The van der Waals surface area contributed by atoms with Crippen LogP contribution in [0.5, 0.6) is 0 Å². The molecule has 1 aliphatic rings. The summed E-state index contributed by atoms with van der Waals surface area (Å²) in [5, 5.41) is 3.49. The number of thiophene rings is 1. The number of hydrogen-bond acceptors (Lipinski definition) is 5. The summed E-state index contributed by atoms with van der Waals surface area (Å²) in [4.78, 5) is 24.1. The predicted octanol–water partition coefficient (Wildman–Crippen LogP) is 3.26. The molecule has 2 amide bonds. The van der Waals surface area contributed by atoms with Gasteiger partial charge in [-0.05, 0) is 36.1 Å². The summed E-state index contributed by atoms with van der Waals surface area (Å²) in [6, 6.07) is 4.56. The molecule has 11 heteroatoms. The molecule has 144 valence electrons. The van der Waals surface area contributed by atoms with Gasteiger partial charge in [0, 0.05) is 18.7 Å². The molecule has 1 N–H and O–H groups in total. The Morgan fingerprint density at radius 1 is 1.26 bits per heavy atom. The summed E-state index contributed by atoms with van der Waals surface area (Å²) < 4.78 is 63.0. The molecule has 0 spiro atoms. The van der Waals surface area contributed by atoms with Crippen molar-refractivity contribution in [3.63, 3.8) is 0 Å². The van der Waals surface area contributed by atoms with E-state index in [9.17, 15) is 31.2 Å². The number of nitrogens with zero attached hydrogens (tertiary/aromatic N) is 1. The van der Waals surface area contributed by atoms with Crippen LogP contribution in [0.1, 0.15) is 22.5 Å². The van der Waals surface area contributed by atoms with E-state index in [2.05, 4.69) is 5.32 Å². The number of carbonyl (C=O) groups is 2. The Kier molecular flexibility index (Phi) is 5.24. The normalized spacial score (nSPS) is 14.8. The summed E-state index contributed by atoms with van der Waals surface area (Å²) >= 11 is 0.678. The van der Waals surface area contributed by atoms with Crippen molar-refractivity contribution < 1.29 is 31.2 Å².